The van der Waals surface area contributed by atoms with E-state index < -0.39 is 0 Å². The van der Waals surface area contributed by atoms with Crippen LogP contribution in [-0.4, -0.2) is 51.0 Å². The van der Waals surface area contributed by atoms with Crippen LogP contribution >= 0.6 is 0 Å². The van der Waals surface area contributed by atoms with E-state index in [4.69, 9.17) is 4.98 Å². The summed E-state index contributed by atoms with van der Waals surface area (Å²) in [6.07, 6.45) is 12.5. The highest BCUT2D eigenvalue weighted by Gasteiger charge is 2.45. The van der Waals surface area contributed by atoms with Gasteiger partial charge in [-0.1, -0.05) is 6.07 Å². The van der Waals surface area contributed by atoms with Gasteiger partial charge in [0.15, 0.2) is 0 Å². The van der Waals surface area contributed by atoms with Gasteiger partial charge in [0.05, 0.1) is 22.9 Å². The third-order valence-corrected chi connectivity index (χ3v) is 7.39. The molecule has 4 heterocycles. The van der Waals surface area contributed by atoms with Crippen molar-refractivity contribution < 1.29 is 0 Å². The first kappa shape index (κ1) is 18.2. The Morgan fingerprint density at radius 1 is 1.00 bits per heavy atom. The molecule has 3 fully saturated rings. The Morgan fingerprint density at radius 3 is 2.70 bits per heavy atom. The molecule has 0 radical (unpaired) electrons. The number of nitrogens with zero attached hydrogens (tertiary/aromatic N) is 6. The molecule has 2 aliphatic heterocycles. The van der Waals surface area contributed by atoms with E-state index in [0.717, 1.165) is 43.0 Å². The van der Waals surface area contributed by atoms with E-state index in [-0.39, 0.29) is 0 Å². The highest BCUT2D eigenvalue weighted by Crippen LogP contribution is 2.44. The minimum absolute atomic E-state index is 0.377. The summed E-state index contributed by atoms with van der Waals surface area (Å²) in [6.45, 7) is 6.83. The second kappa shape index (κ2) is 6.98. The van der Waals surface area contributed by atoms with Gasteiger partial charge < -0.3 is 4.90 Å². The summed E-state index contributed by atoms with van der Waals surface area (Å²) in [6, 6.07) is 6.91. The van der Waals surface area contributed by atoms with Crippen LogP contribution < -0.4 is 4.90 Å². The highest BCUT2D eigenvalue weighted by molar-refractivity contribution is 5.74. The van der Waals surface area contributed by atoms with Crippen LogP contribution in [-0.2, 0) is 0 Å². The maximum absolute atomic E-state index is 4.94. The molecule has 3 aliphatic rings. The summed E-state index contributed by atoms with van der Waals surface area (Å²) in [4.78, 5) is 23.4. The number of aromatic nitrogens is 4. The summed E-state index contributed by atoms with van der Waals surface area (Å²) in [5.41, 5.74) is 4.85. The maximum Gasteiger partial charge on any atom is 0.147 e. The molecular weight excluding hydrogens is 372 g/mol. The topological polar surface area (TPSA) is 58.0 Å². The predicted molar refractivity (Wildman–Crippen MR) is 117 cm³/mol. The molecule has 3 aromatic rings. The standard InChI is InChI=1S/C24H28N6/c1-17(19-4-5-20-21(12-19)27-9-8-26-20)29-10-6-24(15-29)7-11-30(16-24)23-14-25-13-22(28-23)18-2-3-18/h4-5,8-9,12-14,17-18H,2-3,6-7,10-11,15-16H2,1H3. The molecule has 1 aromatic carbocycles. The first-order chi connectivity index (χ1) is 14.7. The second-order valence-corrected chi connectivity index (χ2v) is 9.45. The summed E-state index contributed by atoms with van der Waals surface area (Å²) >= 11 is 0. The molecule has 2 unspecified atom stereocenters. The van der Waals surface area contributed by atoms with E-state index in [1.165, 1.54) is 36.9 Å². The normalized spacial score (nSPS) is 25.4. The quantitative estimate of drug-likeness (QED) is 0.661. The molecule has 6 rings (SSSR count). The Bertz CT molecular complexity index is 1080. The van der Waals surface area contributed by atoms with Crippen molar-refractivity contribution in [1.82, 2.24) is 24.8 Å². The largest absolute Gasteiger partial charge is 0.355 e. The molecule has 2 aromatic heterocycles. The predicted octanol–water partition coefficient (Wildman–Crippen LogP) is 3.96. The number of hydrogen-bond acceptors (Lipinski definition) is 6. The van der Waals surface area contributed by atoms with E-state index in [0.29, 0.717) is 17.4 Å². The van der Waals surface area contributed by atoms with Crippen molar-refractivity contribution in [2.24, 2.45) is 5.41 Å². The van der Waals surface area contributed by atoms with Crippen molar-refractivity contribution in [3.63, 3.8) is 0 Å². The lowest BCUT2D eigenvalue weighted by Crippen LogP contribution is -2.32. The molecule has 1 spiro atoms. The van der Waals surface area contributed by atoms with Crippen LogP contribution in [0.2, 0.25) is 0 Å². The molecule has 0 N–H and O–H groups in total. The molecule has 0 amide bonds. The zero-order valence-electron chi connectivity index (χ0n) is 17.5. The van der Waals surface area contributed by atoms with Crippen LogP contribution in [0.15, 0.2) is 43.0 Å². The van der Waals surface area contributed by atoms with Crippen molar-refractivity contribution in [3.8, 4) is 0 Å². The lowest BCUT2D eigenvalue weighted by molar-refractivity contribution is 0.225. The van der Waals surface area contributed by atoms with Crippen molar-refractivity contribution in [2.75, 3.05) is 31.1 Å². The zero-order valence-corrected chi connectivity index (χ0v) is 17.5. The average molecular weight is 401 g/mol. The van der Waals surface area contributed by atoms with Crippen LogP contribution in [0.4, 0.5) is 5.82 Å². The van der Waals surface area contributed by atoms with E-state index in [1.807, 2.05) is 12.4 Å². The van der Waals surface area contributed by atoms with Gasteiger partial charge in [-0.15, -0.1) is 0 Å². The van der Waals surface area contributed by atoms with Crippen LogP contribution in [0.25, 0.3) is 11.0 Å². The molecule has 2 saturated heterocycles. The fraction of sp³-hybridized carbons (Fsp3) is 0.500. The first-order valence-corrected chi connectivity index (χ1v) is 11.2. The Labute approximate surface area is 177 Å². The Kier molecular flexibility index (Phi) is 4.23. The SMILES string of the molecule is CC(c1ccc2nccnc2c1)N1CCC2(CCN(c3cncc(C4CC4)n3)C2)C1. The molecule has 1 aliphatic carbocycles. The van der Waals surface area contributed by atoms with Crippen LogP contribution in [0.1, 0.15) is 55.8 Å². The molecule has 0 bridgehead atoms. The third kappa shape index (κ3) is 3.23. The Morgan fingerprint density at radius 2 is 1.83 bits per heavy atom. The molecular formula is C24H28N6. The third-order valence-electron chi connectivity index (χ3n) is 7.39. The number of anilines is 1. The lowest BCUT2D eigenvalue weighted by Gasteiger charge is -2.28. The smallest absolute Gasteiger partial charge is 0.147 e. The zero-order chi connectivity index (χ0) is 20.1. The minimum Gasteiger partial charge on any atom is -0.355 e. The van der Waals surface area contributed by atoms with Crippen molar-refractivity contribution in [1.29, 1.82) is 0 Å². The van der Waals surface area contributed by atoms with E-state index in [9.17, 15) is 0 Å². The fourth-order valence-electron chi connectivity index (χ4n) is 5.31. The van der Waals surface area contributed by atoms with Gasteiger partial charge in [0.25, 0.3) is 0 Å². The molecule has 154 valence electrons. The molecule has 6 nitrogen and oxygen atoms in total. The maximum atomic E-state index is 4.94. The first-order valence-electron chi connectivity index (χ1n) is 11.2. The number of benzene rings is 1. The molecule has 2 atom stereocenters. The van der Waals surface area contributed by atoms with Crippen LogP contribution in [0, 0.1) is 5.41 Å². The van der Waals surface area contributed by atoms with Crippen LogP contribution in [0.3, 0.4) is 0 Å². The van der Waals surface area contributed by atoms with Crippen molar-refractivity contribution in [2.45, 2.75) is 44.6 Å². The summed E-state index contributed by atoms with van der Waals surface area (Å²) in [5.74, 6) is 1.74. The lowest BCUT2D eigenvalue weighted by atomic mass is 9.86. The molecule has 30 heavy (non-hydrogen) atoms. The van der Waals surface area contributed by atoms with E-state index in [2.05, 4.69) is 49.9 Å². The Hall–Kier alpha value is -2.60. The molecule has 6 heteroatoms. The highest BCUT2D eigenvalue weighted by atomic mass is 15.3. The van der Waals surface area contributed by atoms with Gasteiger partial charge >= 0.3 is 0 Å². The van der Waals surface area contributed by atoms with Gasteiger partial charge in [-0.25, -0.2) is 4.98 Å². The summed E-state index contributed by atoms with van der Waals surface area (Å²) in [5, 5.41) is 0. The summed E-state index contributed by atoms with van der Waals surface area (Å²) < 4.78 is 0. The minimum atomic E-state index is 0.377. The Balaban J connectivity index is 1.17. The number of hydrogen-bond donors (Lipinski definition) is 0. The average Bonchev–Trinajstić information content (AvgIpc) is 3.45. The van der Waals surface area contributed by atoms with E-state index in [1.54, 1.807) is 12.4 Å². The number of likely N-dealkylation sites (tertiary alicyclic amines) is 1. The monoisotopic (exact) mass is 400 g/mol. The second-order valence-electron chi connectivity index (χ2n) is 9.45. The van der Waals surface area contributed by atoms with Gasteiger partial charge in [-0.3, -0.25) is 19.9 Å². The molecule has 1 saturated carbocycles. The van der Waals surface area contributed by atoms with Gasteiger partial charge in [-0.2, -0.15) is 0 Å². The van der Waals surface area contributed by atoms with Crippen molar-refractivity contribution in [3.05, 3.63) is 54.2 Å². The van der Waals surface area contributed by atoms with Gasteiger partial charge in [0.2, 0.25) is 0 Å². The van der Waals surface area contributed by atoms with Gasteiger partial charge in [0, 0.05) is 55.6 Å². The van der Waals surface area contributed by atoms with E-state index >= 15 is 0 Å². The summed E-state index contributed by atoms with van der Waals surface area (Å²) in [7, 11) is 0. The fourth-order valence-corrected chi connectivity index (χ4v) is 5.31. The number of rotatable bonds is 4. The van der Waals surface area contributed by atoms with Crippen LogP contribution in [0.5, 0.6) is 0 Å². The number of fused-ring (bicyclic) bond motifs is 1. The van der Waals surface area contributed by atoms with Crippen molar-refractivity contribution >= 4 is 16.9 Å². The van der Waals surface area contributed by atoms with Gasteiger partial charge in [-0.05, 0) is 56.8 Å². The van der Waals surface area contributed by atoms with Gasteiger partial charge in [0.1, 0.15) is 5.82 Å².